The van der Waals surface area contributed by atoms with Crippen molar-refractivity contribution in [1.82, 2.24) is 9.97 Å². The van der Waals surface area contributed by atoms with Gasteiger partial charge in [0.15, 0.2) is 13.9 Å². The summed E-state index contributed by atoms with van der Waals surface area (Å²) < 4.78 is 0. The van der Waals surface area contributed by atoms with Crippen LogP contribution in [0.4, 0.5) is 0 Å². The van der Waals surface area contributed by atoms with Crippen molar-refractivity contribution in [1.29, 1.82) is 0 Å². The second-order valence-corrected chi connectivity index (χ2v) is 17.8. The number of rotatable bonds is 4. The van der Waals surface area contributed by atoms with Crippen molar-refractivity contribution in [3.05, 3.63) is 193 Å². The van der Waals surface area contributed by atoms with Crippen molar-refractivity contribution in [2.24, 2.45) is 0 Å². The number of hydrogen-bond acceptors (Lipinski definition) is 2. The van der Waals surface area contributed by atoms with E-state index >= 15 is 0 Å². The van der Waals surface area contributed by atoms with Crippen LogP contribution in [0.2, 0.25) is 0 Å². The zero-order valence-corrected chi connectivity index (χ0v) is 29.4. The third-order valence-electron chi connectivity index (χ3n) is 11.4. The highest BCUT2D eigenvalue weighted by Crippen LogP contribution is 2.42. The van der Waals surface area contributed by atoms with Crippen LogP contribution in [0.1, 0.15) is 11.1 Å². The number of benzene rings is 8. The lowest BCUT2D eigenvalue weighted by Gasteiger charge is -2.31. The van der Waals surface area contributed by atoms with Crippen molar-refractivity contribution in [3.63, 3.8) is 0 Å². The van der Waals surface area contributed by atoms with Gasteiger partial charge in [0.25, 0.3) is 0 Å². The average molecular weight is 677 g/mol. The van der Waals surface area contributed by atoms with Gasteiger partial charge >= 0.3 is 0 Å². The largest absolute Gasteiger partial charge is 0.228 e. The summed E-state index contributed by atoms with van der Waals surface area (Å²) in [7, 11) is -2.75. The Bertz CT molecular complexity index is 2780. The Morgan fingerprint density at radius 1 is 0.404 bits per heavy atom. The Morgan fingerprint density at radius 2 is 0.942 bits per heavy atom. The van der Waals surface area contributed by atoms with Crippen molar-refractivity contribution in [3.8, 4) is 45.0 Å². The van der Waals surface area contributed by atoms with Gasteiger partial charge in [0.1, 0.15) is 0 Å². The topological polar surface area (TPSA) is 25.8 Å². The average Bonchev–Trinajstić information content (AvgIpc) is 3.76. The van der Waals surface area contributed by atoms with Crippen molar-refractivity contribution < 1.29 is 0 Å². The first-order valence-corrected chi connectivity index (χ1v) is 20.0. The molecule has 0 fully saturated rings. The minimum atomic E-state index is -2.75. The van der Waals surface area contributed by atoms with Gasteiger partial charge in [-0.2, -0.15) is 0 Å². The molecule has 0 radical (unpaired) electrons. The summed E-state index contributed by atoms with van der Waals surface area (Å²) in [6.45, 7) is 0. The zero-order chi connectivity index (χ0) is 34.2. The number of nitrogens with zero attached hydrogens (tertiary/aromatic N) is 2. The van der Waals surface area contributed by atoms with Crippen LogP contribution in [-0.2, 0) is 6.42 Å². The van der Waals surface area contributed by atoms with E-state index in [9.17, 15) is 0 Å². The van der Waals surface area contributed by atoms with Crippen LogP contribution in [0.25, 0.3) is 66.6 Å². The van der Waals surface area contributed by atoms with E-state index in [4.69, 9.17) is 9.97 Å². The highest BCUT2D eigenvalue weighted by Gasteiger charge is 2.49. The van der Waals surface area contributed by atoms with E-state index in [0.717, 1.165) is 34.8 Å². The summed E-state index contributed by atoms with van der Waals surface area (Å²) >= 11 is 0. The van der Waals surface area contributed by atoms with Gasteiger partial charge in [-0.25, -0.2) is 9.97 Å². The molecule has 0 unspecified atom stereocenters. The van der Waals surface area contributed by atoms with E-state index in [-0.39, 0.29) is 0 Å². The standard InChI is InChI=1S/C49H32N2Si/c1-3-15-34(16-4-1)47-42-31-36-17-9-12-22-41(36)48(42)51-49(50-47)35-23-27-38(28-24-35)52(37-18-5-2-6-19-37)43-29-25-32-13-7-10-20-39(32)45(43)46-40-21-11-8-14-33(40)26-30-44(46)52/h1-30H,31H2. The fourth-order valence-electron chi connectivity index (χ4n) is 9.13. The summed E-state index contributed by atoms with van der Waals surface area (Å²) in [5.41, 5.74) is 10.7. The molecule has 0 N–H and O–H groups in total. The lowest BCUT2D eigenvalue weighted by molar-refractivity contribution is 1.13. The van der Waals surface area contributed by atoms with Crippen molar-refractivity contribution >= 4 is 50.4 Å². The lowest BCUT2D eigenvalue weighted by Crippen LogP contribution is -2.72. The van der Waals surface area contributed by atoms with E-state index in [0.29, 0.717) is 0 Å². The molecule has 1 aliphatic carbocycles. The van der Waals surface area contributed by atoms with Crippen LogP contribution >= 0.6 is 0 Å². The molecule has 11 rings (SSSR count). The molecule has 3 heteroatoms. The van der Waals surface area contributed by atoms with Gasteiger partial charge in [0.2, 0.25) is 0 Å². The van der Waals surface area contributed by atoms with Gasteiger partial charge in [-0.3, -0.25) is 0 Å². The van der Waals surface area contributed by atoms with E-state index in [1.54, 1.807) is 0 Å². The fraction of sp³-hybridized carbons (Fsp3) is 0.0204. The second kappa shape index (κ2) is 11.3. The molecule has 1 aliphatic heterocycles. The van der Waals surface area contributed by atoms with Gasteiger partial charge in [-0.15, -0.1) is 0 Å². The third-order valence-corrected chi connectivity index (χ3v) is 16.2. The monoisotopic (exact) mass is 676 g/mol. The summed E-state index contributed by atoms with van der Waals surface area (Å²) in [6.07, 6.45) is 0.850. The minimum absolute atomic E-state index is 0.764. The van der Waals surface area contributed by atoms with Crippen LogP contribution in [0.5, 0.6) is 0 Å². The molecule has 0 atom stereocenters. The minimum Gasteiger partial charge on any atom is -0.228 e. The first kappa shape index (κ1) is 29.3. The lowest BCUT2D eigenvalue weighted by atomic mass is 9.94. The predicted octanol–water partition coefficient (Wildman–Crippen LogP) is 9.05. The predicted molar refractivity (Wildman–Crippen MR) is 219 cm³/mol. The molecule has 52 heavy (non-hydrogen) atoms. The molecule has 0 saturated heterocycles. The number of hydrogen-bond donors (Lipinski definition) is 0. The highest BCUT2D eigenvalue weighted by atomic mass is 28.3. The van der Waals surface area contributed by atoms with Gasteiger partial charge in [-0.1, -0.05) is 182 Å². The van der Waals surface area contributed by atoms with E-state index < -0.39 is 8.07 Å². The first-order chi connectivity index (χ1) is 25.8. The molecule has 0 spiro atoms. The number of aromatic nitrogens is 2. The fourth-order valence-corrected chi connectivity index (χ4v) is 14.3. The molecule has 242 valence electrons. The maximum Gasteiger partial charge on any atom is 0.180 e. The summed E-state index contributed by atoms with van der Waals surface area (Å²) in [5.74, 6) is 0.764. The van der Waals surface area contributed by atoms with Crippen LogP contribution in [0.15, 0.2) is 182 Å². The van der Waals surface area contributed by atoms with Gasteiger partial charge < -0.3 is 0 Å². The molecule has 8 aromatic carbocycles. The number of fused-ring (bicyclic) bond motifs is 10. The highest BCUT2D eigenvalue weighted by molar-refractivity contribution is 7.22. The maximum atomic E-state index is 5.31. The summed E-state index contributed by atoms with van der Waals surface area (Å²) in [4.78, 5) is 10.6. The quantitative estimate of drug-likeness (QED) is 0.174. The second-order valence-electron chi connectivity index (χ2n) is 14.0. The van der Waals surface area contributed by atoms with Crippen LogP contribution < -0.4 is 20.7 Å². The van der Waals surface area contributed by atoms with E-state index in [1.807, 2.05) is 0 Å². The molecule has 2 nitrogen and oxygen atoms in total. The zero-order valence-electron chi connectivity index (χ0n) is 28.4. The van der Waals surface area contributed by atoms with E-state index in [2.05, 4.69) is 182 Å². The van der Waals surface area contributed by atoms with Crippen LogP contribution in [0, 0.1) is 0 Å². The Labute approximate surface area is 303 Å². The van der Waals surface area contributed by atoms with E-state index in [1.165, 1.54) is 70.1 Å². The van der Waals surface area contributed by atoms with Gasteiger partial charge in [-0.05, 0) is 59.0 Å². The molecule has 2 heterocycles. The Balaban J connectivity index is 1.16. The Kier molecular flexibility index (Phi) is 6.37. The normalized spacial score (nSPS) is 13.5. The third kappa shape index (κ3) is 4.11. The maximum absolute atomic E-state index is 5.31. The Hall–Kier alpha value is -6.42. The van der Waals surface area contributed by atoms with Crippen LogP contribution in [0.3, 0.4) is 0 Å². The molecule has 1 aromatic heterocycles. The molecule has 2 aliphatic rings. The first-order valence-electron chi connectivity index (χ1n) is 18.0. The molecule has 0 saturated carbocycles. The molecule has 9 aromatic rings. The van der Waals surface area contributed by atoms with Gasteiger partial charge in [0.05, 0.1) is 11.4 Å². The molecular weight excluding hydrogens is 645 g/mol. The van der Waals surface area contributed by atoms with Crippen molar-refractivity contribution in [2.45, 2.75) is 6.42 Å². The molecule has 0 amide bonds. The molecule has 0 bridgehead atoms. The Morgan fingerprint density at radius 3 is 1.62 bits per heavy atom. The summed E-state index contributed by atoms with van der Waals surface area (Å²) in [6, 6.07) is 67.1. The molecular formula is C49H32N2Si. The van der Waals surface area contributed by atoms with Crippen LogP contribution in [-0.4, -0.2) is 18.0 Å². The van der Waals surface area contributed by atoms with Crippen molar-refractivity contribution in [2.75, 3.05) is 0 Å². The smallest absolute Gasteiger partial charge is 0.180 e. The SMILES string of the molecule is c1ccc(-c2nc(-c3ccc([Si]4(c5ccccc5)c5ccc6ccccc6c5-c5c4ccc4ccccc54)cc3)nc3c2Cc2ccccc2-3)cc1. The van der Waals surface area contributed by atoms with Gasteiger partial charge in [0, 0.05) is 28.7 Å². The summed E-state index contributed by atoms with van der Waals surface area (Å²) in [5, 5.41) is 10.9.